The summed E-state index contributed by atoms with van der Waals surface area (Å²) in [6.45, 7) is 1.95. The second kappa shape index (κ2) is 6.30. The molecule has 0 unspecified atom stereocenters. The number of hydrogen-bond donors (Lipinski definition) is 2. The van der Waals surface area contributed by atoms with Gasteiger partial charge in [0.15, 0.2) is 0 Å². The van der Waals surface area contributed by atoms with Crippen LogP contribution in [-0.2, 0) is 4.74 Å². The summed E-state index contributed by atoms with van der Waals surface area (Å²) in [5, 5.41) is 3.86. The molecule has 6 heteroatoms. The van der Waals surface area contributed by atoms with Crippen molar-refractivity contribution in [1.82, 2.24) is 4.98 Å². The molecule has 0 fully saturated rings. The fourth-order valence-electron chi connectivity index (χ4n) is 2.47. The highest BCUT2D eigenvalue weighted by molar-refractivity contribution is 6.31. The molecule has 0 bridgehead atoms. The number of benzene rings is 2. The Labute approximate surface area is 137 Å². The molecule has 118 valence electrons. The Hall–Kier alpha value is -2.53. The number of halogens is 2. The Bertz CT molecular complexity index is 876. The van der Waals surface area contributed by atoms with Crippen LogP contribution in [0.5, 0.6) is 0 Å². The average molecular weight is 333 g/mol. The highest BCUT2D eigenvalue weighted by atomic mass is 35.5. The number of carbonyl (C=O) groups is 1. The van der Waals surface area contributed by atoms with Crippen LogP contribution in [0.2, 0.25) is 5.02 Å². The minimum atomic E-state index is -0.609. The van der Waals surface area contributed by atoms with E-state index in [0.29, 0.717) is 22.0 Å². The number of hydrogen-bond acceptors (Lipinski definition) is 2. The van der Waals surface area contributed by atoms with Crippen molar-refractivity contribution in [1.29, 1.82) is 0 Å². The zero-order valence-electron chi connectivity index (χ0n) is 12.3. The third-order valence-electron chi connectivity index (χ3n) is 3.41. The Morgan fingerprint density at radius 1 is 1.30 bits per heavy atom. The number of rotatable bonds is 3. The molecule has 2 N–H and O–H groups in total. The summed E-state index contributed by atoms with van der Waals surface area (Å²) in [4.78, 5) is 14.8. The number of nitrogens with one attached hydrogen (secondary N) is 2. The molecule has 0 saturated carbocycles. The van der Waals surface area contributed by atoms with E-state index >= 15 is 0 Å². The van der Waals surface area contributed by atoms with E-state index in [1.54, 1.807) is 43.3 Å². The molecule has 1 amide bonds. The first-order chi connectivity index (χ1) is 11.1. The zero-order chi connectivity index (χ0) is 16.4. The monoisotopic (exact) mass is 332 g/mol. The van der Waals surface area contributed by atoms with Crippen LogP contribution >= 0.6 is 11.6 Å². The number of carbonyl (C=O) groups excluding carboxylic acids is 1. The van der Waals surface area contributed by atoms with E-state index in [4.69, 9.17) is 16.3 Å². The zero-order valence-corrected chi connectivity index (χ0v) is 13.1. The molecular weight excluding hydrogens is 319 g/mol. The minimum absolute atomic E-state index is 0.243. The molecule has 0 atom stereocenters. The van der Waals surface area contributed by atoms with Crippen LogP contribution in [0.25, 0.3) is 22.0 Å². The number of ether oxygens (including phenoxy) is 1. The van der Waals surface area contributed by atoms with Crippen molar-refractivity contribution >= 4 is 34.4 Å². The van der Waals surface area contributed by atoms with Gasteiger partial charge in [0.05, 0.1) is 6.61 Å². The van der Waals surface area contributed by atoms with Crippen LogP contribution < -0.4 is 5.32 Å². The number of anilines is 1. The summed E-state index contributed by atoms with van der Waals surface area (Å²) in [5.74, 6) is -0.0221. The van der Waals surface area contributed by atoms with E-state index in [2.05, 4.69) is 10.3 Å². The second-order valence-corrected chi connectivity index (χ2v) is 5.33. The maximum atomic E-state index is 14.3. The lowest BCUT2D eigenvalue weighted by Gasteiger charge is -2.08. The van der Waals surface area contributed by atoms with E-state index in [0.717, 1.165) is 10.9 Å². The van der Waals surface area contributed by atoms with Crippen molar-refractivity contribution in [2.45, 2.75) is 6.92 Å². The van der Waals surface area contributed by atoms with Gasteiger partial charge < -0.3 is 9.72 Å². The van der Waals surface area contributed by atoms with Gasteiger partial charge in [-0.05, 0) is 31.2 Å². The van der Waals surface area contributed by atoms with Crippen molar-refractivity contribution in [2.75, 3.05) is 11.9 Å². The van der Waals surface area contributed by atoms with Crippen LogP contribution in [0.1, 0.15) is 6.92 Å². The van der Waals surface area contributed by atoms with Gasteiger partial charge >= 0.3 is 6.09 Å². The van der Waals surface area contributed by atoms with Gasteiger partial charge in [-0.1, -0.05) is 29.8 Å². The first-order valence-corrected chi connectivity index (χ1v) is 7.48. The molecule has 4 nitrogen and oxygen atoms in total. The topological polar surface area (TPSA) is 54.1 Å². The summed E-state index contributed by atoms with van der Waals surface area (Å²) in [7, 11) is 0. The quantitative estimate of drug-likeness (QED) is 0.693. The van der Waals surface area contributed by atoms with Crippen molar-refractivity contribution in [2.24, 2.45) is 0 Å². The van der Waals surface area contributed by atoms with Gasteiger partial charge in [0.25, 0.3) is 0 Å². The largest absolute Gasteiger partial charge is 0.450 e. The number of H-pyrrole nitrogens is 1. The summed E-state index contributed by atoms with van der Waals surface area (Å²) < 4.78 is 19.2. The number of aromatic nitrogens is 1. The van der Waals surface area contributed by atoms with Crippen molar-refractivity contribution in [3.05, 3.63) is 53.3 Å². The smallest absolute Gasteiger partial charge is 0.412 e. The molecule has 2 aromatic carbocycles. The Morgan fingerprint density at radius 3 is 2.83 bits per heavy atom. The maximum Gasteiger partial charge on any atom is 0.412 e. The van der Waals surface area contributed by atoms with E-state index in [1.165, 1.54) is 6.07 Å². The molecular formula is C17H14ClFN2O2. The van der Waals surface area contributed by atoms with Crippen LogP contribution in [0.3, 0.4) is 0 Å². The van der Waals surface area contributed by atoms with Gasteiger partial charge in [-0.2, -0.15) is 0 Å². The lowest BCUT2D eigenvalue weighted by atomic mass is 10.0. The normalized spacial score (nSPS) is 10.7. The number of amides is 1. The highest BCUT2D eigenvalue weighted by Gasteiger charge is 2.18. The minimum Gasteiger partial charge on any atom is -0.450 e. The van der Waals surface area contributed by atoms with Crippen molar-refractivity contribution in [3.63, 3.8) is 0 Å². The SMILES string of the molecule is CCOC(=O)Nc1[nH]c2ccc(Cl)cc2c1-c1ccccc1F. The number of aromatic amines is 1. The number of fused-ring (bicyclic) bond motifs is 1. The molecule has 3 aromatic rings. The van der Waals surface area contributed by atoms with Gasteiger partial charge in [-0.3, -0.25) is 5.32 Å². The molecule has 23 heavy (non-hydrogen) atoms. The molecule has 0 aliphatic heterocycles. The van der Waals surface area contributed by atoms with Gasteiger partial charge in [0, 0.05) is 27.1 Å². The van der Waals surface area contributed by atoms with Crippen LogP contribution in [-0.4, -0.2) is 17.7 Å². The lowest BCUT2D eigenvalue weighted by Crippen LogP contribution is -2.14. The van der Waals surface area contributed by atoms with Gasteiger partial charge in [0.1, 0.15) is 11.6 Å². The molecule has 0 radical (unpaired) electrons. The van der Waals surface area contributed by atoms with Gasteiger partial charge in [-0.15, -0.1) is 0 Å². The summed E-state index contributed by atoms with van der Waals surface area (Å²) in [6.07, 6.45) is -0.609. The van der Waals surface area contributed by atoms with Crippen LogP contribution in [0.15, 0.2) is 42.5 Å². The predicted molar refractivity (Wildman–Crippen MR) is 89.3 cm³/mol. The van der Waals surface area contributed by atoms with Crippen LogP contribution in [0.4, 0.5) is 15.0 Å². The van der Waals surface area contributed by atoms with E-state index in [1.807, 2.05) is 0 Å². The Morgan fingerprint density at radius 2 is 2.09 bits per heavy atom. The fraction of sp³-hybridized carbons (Fsp3) is 0.118. The third kappa shape index (κ3) is 3.00. The molecule has 0 aliphatic carbocycles. The summed E-state index contributed by atoms with van der Waals surface area (Å²) in [6, 6.07) is 11.6. The summed E-state index contributed by atoms with van der Waals surface area (Å²) in [5.41, 5.74) is 1.64. The summed E-state index contributed by atoms with van der Waals surface area (Å²) >= 11 is 6.06. The first-order valence-electron chi connectivity index (χ1n) is 7.10. The van der Waals surface area contributed by atoms with E-state index < -0.39 is 6.09 Å². The molecule has 1 aromatic heterocycles. The van der Waals surface area contributed by atoms with E-state index in [9.17, 15) is 9.18 Å². The Kier molecular flexibility index (Phi) is 4.21. The Balaban J connectivity index is 2.21. The van der Waals surface area contributed by atoms with Gasteiger partial charge in [0.2, 0.25) is 0 Å². The molecule has 0 aliphatic rings. The lowest BCUT2D eigenvalue weighted by molar-refractivity contribution is 0.168. The van der Waals surface area contributed by atoms with Crippen molar-refractivity contribution < 1.29 is 13.9 Å². The van der Waals surface area contributed by atoms with Crippen LogP contribution in [0, 0.1) is 5.82 Å². The second-order valence-electron chi connectivity index (χ2n) is 4.89. The highest BCUT2D eigenvalue weighted by Crippen LogP contribution is 2.38. The molecule has 1 heterocycles. The maximum absolute atomic E-state index is 14.3. The van der Waals surface area contributed by atoms with E-state index in [-0.39, 0.29) is 12.4 Å². The average Bonchev–Trinajstić information content (AvgIpc) is 2.85. The van der Waals surface area contributed by atoms with Gasteiger partial charge in [-0.25, -0.2) is 9.18 Å². The first kappa shape index (κ1) is 15.4. The predicted octanol–water partition coefficient (Wildman–Crippen LogP) is 5.20. The van der Waals surface area contributed by atoms with Crippen molar-refractivity contribution in [3.8, 4) is 11.1 Å². The fourth-order valence-corrected chi connectivity index (χ4v) is 2.64. The standard InChI is InChI=1S/C17H14ClFN2O2/c1-2-23-17(22)21-16-15(11-5-3-4-6-13(11)19)12-9-10(18)7-8-14(12)20-16/h3-9,20H,2H2,1H3,(H,21,22). The third-order valence-corrected chi connectivity index (χ3v) is 3.64. The molecule has 3 rings (SSSR count). The molecule has 0 saturated heterocycles. The molecule has 0 spiro atoms.